The van der Waals surface area contributed by atoms with Crippen LogP contribution in [-0.4, -0.2) is 53.5 Å². The fourth-order valence-corrected chi connectivity index (χ4v) is 3.81. The molecule has 1 atom stereocenters. The molecule has 0 radical (unpaired) electrons. The molecule has 2 amide bonds. The minimum Gasteiger partial charge on any atom is -0.361 e. The summed E-state index contributed by atoms with van der Waals surface area (Å²) in [7, 11) is 0. The molecule has 30 heavy (non-hydrogen) atoms. The number of ether oxygens (including phenoxy) is 1. The highest BCUT2D eigenvalue weighted by Gasteiger charge is 2.44. The lowest BCUT2D eigenvalue weighted by atomic mass is 9.90. The maximum Gasteiger partial charge on any atom is 0.254 e. The quantitative estimate of drug-likeness (QED) is 0.763. The molecule has 6 heteroatoms. The lowest BCUT2D eigenvalue weighted by Gasteiger charge is -2.42. The van der Waals surface area contributed by atoms with Gasteiger partial charge >= 0.3 is 0 Å². The number of nitrogens with zero attached hydrogens (tertiary/aromatic N) is 2. The zero-order valence-electron chi connectivity index (χ0n) is 18.1. The summed E-state index contributed by atoms with van der Waals surface area (Å²) in [5.41, 5.74) is 2.11. The van der Waals surface area contributed by atoms with E-state index in [0.717, 1.165) is 16.7 Å². The Morgan fingerprint density at radius 1 is 1.13 bits per heavy atom. The summed E-state index contributed by atoms with van der Waals surface area (Å²) in [6.07, 6.45) is 4.44. The molecular formula is C24H31N3O3. The maximum absolute atomic E-state index is 13.0. The van der Waals surface area contributed by atoms with Crippen LogP contribution in [0.3, 0.4) is 0 Å². The first-order valence-electron chi connectivity index (χ1n) is 10.6. The van der Waals surface area contributed by atoms with Gasteiger partial charge < -0.3 is 15.0 Å². The molecule has 1 N–H and O–H groups in total. The molecule has 160 valence electrons. The first-order valence-corrected chi connectivity index (χ1v) is 10.6. The summed E-state index contributed by atoms with van der Waals surface area (Å²) < 4.78 is 6.07. The fourth-order valence-electron chi connectivity index (χ4n) is 3.81. The number of morpholine rings is 1. The smallest absolute Gasteiger partial charge is 0.254 e. The standard InChI is InChI=1S/C24H31N3O3/c1-4-26-23(29)24(17-27(13-14-30-24)22(28)15-18(2)3)16-19-5-7-20(8-6-19)21-9-11-25-12-10-21/h5-12,18H,4,13-17H2,1-3H3,(H,26,29). The molecule has 1 aromatic carbocycles. The number of nitrogens with one attached hydrogen (secondary N) is 1. The number of likely N-dealkylation sites (N-methyl/N-ethyl adjacent to an activating group) is 1. The Bertz CT molecular complexity index is 852. The van der Waals surface area contributed by atoms with Crippen molar-refractivity contribution in [3.63, 3.8) is 0 Å². The average Bonchev–Trinajstić information content (AvgIpc) is 2.75. The SMILES string of the molecule is CCNC(=O)C1(Cc2ccc(-c3ccncc3)cc2)CN(C(=O)CC(C)C)CCO1. The molecule has 0 bridgehead atoms. The van der Waals surface area contributed by atoms with Crippen molar-refractivity contribution in [3.05, 3.63) is 54.4 Å². The van der Waals surface area contributed by atoms with Crippen LogP contribution in [0.2, 0.25) is 0 Å². The Balaban J connectivity index is 1.81. The molecule has 6 nitrogen and oxygen atoms in total. The van der Waals surface area contributed by atoms with Gasteiger partial charge in [0.05, 0.1) is 13.2 Å². The molecule has 1 unspecified atom stereocenters. The van der Waals surface area contributed by atoms with Crippen molar-refractivity contribution in [3.8, 4) is 11.1 Å². The maximum atomic E-state index is 13.0. The van der Waals surface area contributed by atoms with Crippen molar-refractivity contribution < 1.29 is 14.3 Å². The van der Waals surface area contributed by atoms with E-state index in [1.54, 1.807) is 17.3 Å². The van der Waals surface area contributed by atoms with Gasteiger partial charge in [0.15, 0.2) is 5.60 Å². The van der Waals surface area contributed by atoms with Gasteiger partial charge in [-0.25, -0.2) is 0 Å². The van der Waals surface area contributed by atoms with E-state index in [2.05, 4.69) is 10.3 Å². The highest BCUT2D eigenvalue weighted by atomic mass is 16.5. The number of pyridine rings is 1. The van der Waals surface area contributed by atoms with E-state index >= 15 is 0 Å². The molecule has 0 saturated carbocycles. The molecule has 1 saturated heterocycles. The van der Waals surface area contributed by atoms with E-state index in [0.29, 0.717) is 32.5 Å². The average molecular weight is 410 g/mol. The molecule has 3 rings (SSSR count). The number of benzene rings is 1. The number of rotatable bonds is 7. The van der Waals surface area contributed by atoms with Crippen LogP contribution in [0.1, 0.15) is 32.8 Å². The molecule has 2 aromatic rings. The van der Waals surface area contributed by atoms with Crippen LogP contribution in [0.25, 0.3) is 11.1 Å². The molecular weight excluding hydrogens is 378 g/mol. The number of aromatic nitrogens is 1. The van der Waals surface area contributed by atoms with Crippen LogP contribution >= 0.6 is 0 Å². The van der Waals surface area contributed by atoms with Crippen LogP contribution in [-0.2, 0) is 20.7 Å². The van der Waals surface area contributed by atoms with E-state index in [1.165, 1.54) is 0 Å². The fraction of sp³-hybridized carbons (Fsp3) is 0.458. The van der Waals surface area contributed by atoms with Gasteiger partial charge in [-0.1, -0.05) is 38.1 Å². The number of amides is 2. The monoisotopic (exact) mass is 409 g/mol. The van der Waals surface area contributed by atoms with E-state index in [9.17, 15) is 9.59 Å². The summed E-state index contributed by atoms with van der Waals surface area (Å²) in [5, 5.41) is 2.90. The van der Waals surface area contributed by atoms with Crippen molar-refractivity contribution in [2.24, 2.45) is 5.92 Å². The summed E-state index contributed by atoms with van der Waals surface area (Å²) >= 11 is 0. The van der Waals surface area contributed by atoms with E-state index in [1.807, 2.05) is 57.2 Å². The predicted octanol–water partition coefficient (Wildman–Crippen LogP) is 3.07. The molecule has 0 aliphatic carbocycles. The molecule has 0 spiro atoms. The van der Waals surface area contributed by atoms with Crippen LogP contribution < -0.4 is 5.32 Å². The number of hydrogen-bond donors (Lipinski definition) is 1. The van der Waals surface area contributed by atoms with Crippen molar-refractivity contribution in [1.82, 2.24) is 15.2 Å². The topological polar surface area (TPSA) is 71.5 Å². The second-order valence-corrected chi connectivity index (χ2v) is 8.23. The van der Waals surface area contributed by atoms with E-state index < -0.39 is 5.60 Å². The highest BCUT2D eigenvalue weighted by Crippen LogP contribution is 2.27. The highest BCUT2D eigenvalue weighted by molar-refractivity contribution is 5.87. The number of carbonyl (C=O) groups is 2. The van der Waals surface area contributed by atoms with Crippen LogP contribution in [0.4, 0.5) is 0 Å². The Morgan fingerprint density at radius 3 is 2.43 bits per heavy atom. The zero-order chi connectivity index (χ0) is 21.6. The van der Waals surface area contributed by atoms with Crippen LogP contribution in [0.5, 0.6) is 0 Å². The molecule has 2 heterocycles. The van der Waals surface area contributed by atoms with Gasteiger partial charge in [0.1, 0.15) is 0 Å². The van der Waals surface area contributed by atoms with Crippen LogP contribution in [0, 0.1) is 5.92 Å². The largest absolute Gasteiger partial charge is 0.361 e. The second kappa shape index (κ2) is 9.85. The summed E-state index contributed by atoms with van der Waals surface area (Å²) in [5.74, 6) is 0.195. The molecule has 1 aromatic heterocycles. The predicted molar refractivity (Wildman–Crippen MR) is 117 cm³/mol. The van der Waals surface area contributed by atoms with E-state index in [-0.39, 0.29) is 24.3 Å². The third-order valence-corrected chi connectivity index (χ3v) is 5.33. The lowest BCUT2D eigenvalue weighted by Crippen LogP contribution is -2.62. The minimum atomic E-state index is -1.07. The third kappa shape index (κ3) is 5.25. The molecule has 1 aliphatic rings. The minimum absolute atomic E-state index is 0.0787. The van der Waals surface area contributed by atoms with Crippen molar-refractivity contribution in [1.29, 1.82) is 0 Å². The second-order valence-electron chi connectivity index (χ2n) is 8.23. The first-order chi connectivity index (χ1) is 14.4. The third-order valence-electron chi connectivity index (χ3n) is 5.33. The van der Waals surface area contributed by atoms with Gasteiger partial charge in [-0.3, -0.25) is 14.6 Å². The Morgan fingerprint density at radius 2 is 1.80 bits per heavy atom. The van der Waals surface area contributed by atoms with Gasteiger partial charge in [-0.05, 0) is 41.7 Å². The van der Waals surface area contributed by atoms with E-state index in [4.69, 9.17) is 4.74 Å². The summed E-state index contributed by atoms with van der Waals surface area (Å²) in [6.45, 7) is 7.62. The molecule has 1 fully saturated rings. The number of carbonyl (C=O) groups excluding carboxylic acids is 2. The van der Waals surface area contributed by atoms with Gasteiger partial charge in [-0.15, -0.1) is 0 Å². The lowest BCUT2D eigenvalue weighted by molar-refractivity contribution is -0.166. The summed E-state index contributed by atoms with van der Waals surface area (Å²) in [4.78, 5) is 31.5. The van der Waals surface area contributed by atoms with Crippen molar-refractivity contribution in [2.75, 3.05) is 26.2 Å². The van der Waals surface area contributed by atoms with Gasteiger partial charge in [0.2, 0.25) is 5.91 Å². The normalized spacial score (nSPS) is 19.0. The summed E-state index contributed by atoms with van der Waals surface area (Å²) in [6, 6.07) is 12.1. The Kier molecular flexibility index (Phi) is 7.21. The van der Waals surface area contributed by atoms with Gasteiger partial charge in [-0.2, -0.15) is 0 Å². The Hall–Kier alpha value is -2.73. The molecule has 1 aliphatic heterocycles. The van der Waals surface area contributed by atoms with Gasteiger partial charge in [0.25, 0.3) is 5.91 Å². The number of hydrogen-bond acceptors (Lipinski definition) is 4. The van der Waals surface area contributed by atoms with Crippen molar-refractivity contribution >= 4 is 11.8 Å². The van der Waals surface area contributed by atoms with Gasteiger partial charge in [0, 0.05) is 38.3 Å². The zero-order valence-corrected chi connectivity index (χ0v) is 18.1. The first kappa shape index (κ1) is 22.0. The van der Waals surface area contributed by atoms with Crippen molar-refractivity contribution in [2.45, 2.75) is 39.2 Å². The Labute approximate surface area is 178 Å². The van der Waals surface area contributed by atoms with Crippen LogP contribution in [0.15, 0.2) is 48.8 Å².